The van der Waals surface area contributed by atoms with Crippen LogP contribution in [0.2, 0.25) is 0 Å². The van der Waals surface area contributed by atoms with Crippen LogP contribution >= 0.6 is 0 Å². The molecule has 0 aromatic heterocycles. The molecule has 2 amide bonds. The van der Waals surface area contributed by atoms with E-state index in [1.807, 2.05) is 11.8 Å². The summed E-state index contributed by atoms with van der Waals surface area (Å²) in [5, 5.41) is 7.20. The van der Waals surface area contributed by atoms with E-state index in [1.165, 1.54) is 6.42 Å². The Hall–Kier alpha value is -1.26. The summed E-state index contributed by atoms with van der Waals surface area (Å²) in [6, 6.07) is 0.0207. The van der Waals surface area contributed by atoms with Gasteiger partial charge in [0.05, 0.1) is 6.54 Å². The average Bonchev–Trinajstić information content (AvgIpc) is 2.26. The van der Waals surface area contributed by atoms with Crippen LogP contribution in [0.1, 0.15) is 26.2 Å². The number of carbonyl (C=O) groups excluding carboxylic acids is 1. The Morgan fingerprint density at radius 2 is 2.00 bits per heavy atom. The maximum Gasteiger partial charge on any atom is 0.320 e. The fourth-order valence-corrected chi connectivity index (χ4v) is 1.81. The lowest BCUT2D eigenvalue weighted by Gasteiger charge is -2.32. The highest BCUT2D eigenvalue weighted by Crippen LogP contribution is 2.10. The van der Waals surface area contributed by atoms with Gasteiger partial charge in [0.2, 0.25) is 0 Å². The number of hydrogen-bond acceptors (Lipinski definition) is 2. The number of carbonyl (C=O) groups is 1. The maximum absolute atomic E-state index is 12.0. The van der Waals surface area contributed by atoms with Crippen molar-refractivity contribution in [1.29, 1.82) is 5.41 Å². The van der Waals surface area contributed by atoms with Crippen molar-refractivity contribution in [3.63, 3.8) is 0 Å². The minimum Gasteiger partial charge on any atom is -0.386 e. The van der Waals surface area contributed by atoms with Crippen molar-refractivity contribution >= 4 is 11.9 Å². The van der Waals surface area contributed by atoms with Crippen LogP contribution in [0.5, 0.6) is 0 Å². The molecule has 1 rings (SSSR count). The predicted octanol–water partition coefficient (Wildman–Crippen LogP) is 0.850. The van der Waals surface area contributed by atoms with Crippen molar-refractivity contribution < 1.29 is 4.79 Å². The lowest BCUT2D eigenvalue weighted by atomic mass is 10.1. The van der Waals surface area contributed by atoms with Crippen LogP contribution < -0.4 is 5.73 Å². The van der Waals surface area contributed by atoms with Crippen molar-refractivity contribution in [3.05, 3.63) is 0 Å². The van der Waals surface area contributed by atoms with Crippen LogP contribution in [-0.4, -0.2) is 47.8 Å². The number of amidine groups is 1. The second-order valence-corrected chi connectivity index (χ2v) is 3.87. The summed E-state index contributed by atoms with van der Waals surface area (Å²) in [5.41, 5.74) is 5.31. The number of hydrogen-bond donors (Lipinski definition) is 2. The largest absolute Gasteiger partial charge is 0.386 e. The predicted molar refractivity (Wildman–Crippen MR) is 60.0 cm³/mol. The fraction of sp³-hybridized carbons (Fsp3) is 0.800. The molecule has 1 fully saturated rings. The summed E-state index contributed by atoms with van der Waals surface area (Å²) in [6.45, 7) is 4.44. The number of rotatable bonds is 3. The number of amides is 2. The van der Waals surface area contributed by atoms with Crippen molar-refractivity contribution in [2.75, 3.05) is 26.2 Å². The molecule has 0 spiro atoms. The lowest BCUT2D eigenvalue weighted by Crippen LogP contribution is -2.47. The summed E-state index contributed by atoms with van der Waals surface area (Å²) < 4.78 is 0. The molecular weight excluding hydrogens is 192 g/mol. The van der Waals surface area contributed by atoms with Gasteiger partial charge < -0.3 is 15.5 Å². The quantitative estimate of drug-likeness (QED) is 0.537. The van der Waals surface area contributed by atoms with Gasteiger partial charge in [-0.2, -0.15) is 0 Å². The van der Waals surface area contributed by atoms with Gasteiger partial charge in [-0.15, -0.1) is 0 Å². The van der Waals surface area contributed by atoms with Gasteiger partial charge in [0, 0.05) is 19.6 Å². The van der Waals surface area contributed by atoms with E-state index in [-0.39, 0.29) is 18.4 Å². The first-order valence-electron chi connectivity index (χ1n) is 5.52. The Morgan fingerprint density at radius 3 is 2.47 bits per heavy atom. The highest BCUT2D eigenvalue weighted by atomic mass is 16.2. The van der Waals surface area contributed by atoms with Crippen molar-refractivity contribution in [1.82, 2.24) is 9.80 Å². The summed E-state index contributed by atoms with van der Waals surface area (Å²) in [6.07, 6.45) is 3.38. The molecule has 0 aromatic carbocycles. The number of nitrogens with two attached hydrogens (primary N) is 1. The molecule has 86 valence electrons. The minimum absolute atomic E-state index is 0.0207. The van der Waals surface area contributed by atoms with E-state index in [9.17, 15) is 4.79 Å². The molecule has 5 heteroatoms. The van der Waals surface area contributed by atoms with Gasteiger partial charge in [-0.05, 0) is 26.2 Å². The van der Waals surface area contributed by atoms with Gasteiger partial charge in [0.15, 0.2) is 0 Å². The lowest BCUT2D eigenvalue weighted by molar-refractivity contribution is 0.151. The van der Waals surface area contributed by atoms with E-state index in [4.69, 9.17) is 11.1 Å². The topological polar surface area (TPSA) is 73.4 Å². The first kappa shape index (κ1) is 11.8. The zero-order chi connectivity index (χ0) is 11.3. The molecule has 5 nitrogen and oxygen atoms in total. The monoisotopic (exact) mass is 212 g/mol. The van der Waals surface area contributed by atoms with Gasteiger partial charge in [-0.25, -0.2) is 4.79 Å². The number of nitrogens with one attached hydrogen (secondary N) is 1. The van der Waals surface area contributed by atoms with Crippen molar-refractivity contribution in [2.24, 2.45) is 5.73 Å². The van der Waals surface area contributed by atoms with Crippen molar-refractivity contribution in [2.45, 2.75) is 26.2 Å². The number of urea groups is 1. The molecule has 3 N–H and O–H groups in total. The third-order valence-corrected chi connectivity index (χ3v) is 2.64. The van der Waals surface area contributed by atoms with E-state index in [0.29, 0.717) is 6.54 Å². The first-order chi connectivity index (χ1) is 7.15. The van der Waals surface area contributed by atoms with Crippen LogP contribution in [0.3, 0.4) is 0 Å². The van der Waals surface area contributed by atoms with Crippen LogP contribution in [0.15, 0.2) is 0 Å². The third-order valence-electron chi connectivity index (χ3n) is 2.64. The molecule has 0 unspecified atom stereocenters. The smallest absolute Gasteiger partial charge is 0.320 e. The molecule has 0 bridgehead atoms. The normalized spacial score (nSPS) is 16.2. The first-order valence-corrected chi connectivity index (χ1v) is 5.52. The molecule has 1 aliphatic heterocycles. The molecular formula is C10H20N4O. The molecule has 0 aromatic rings. The summed E-state index contributed by atoms with van der Waals surface area (Å²) in [5.74, 6) is 0.0437. The molecule has 0 radical (unpaired) electrons. The molecule has 0 atom stereocenters. The van der Waals surface area contributed by atoms with E-state index in [0.717, 1.165) is 25.9 Å². The van der Waals surface area contributed by atoms with Crippen LogP contribution in [0.4, 0.5) is 4.79 Å². The fourth-order valence-electron chi connectivity index (χ4n) is 1.81. The van der Waals surface area contributed by atoms with E-state index in [1.54, 1.807) is 4.90 Å². The maximum atomic E-state index is 12.0. The van der Waals surface area contributed by atoms with Crippen molar-refractivity contribution in [3.8, 4) is 0 Å². The Balaban J connectivity index is 2.50. The molecule has 1 saturated heterocycles. The second kappa shape index (κ2) is 5.58. The van der Waals surface area contributed by atoms with Gasteiger partial charge in [0.25, 0.3) is 0 Å². The van der Waals surface area contributed by atoms with E-state index >= 15 is 0 Å². The molecule has 1 aliphatic rings. The summed E-state index contributed by atoms with van der Waals surface area (Å²) in [7, 11) is 0. The number of nitrogens with zero attached hydrogens (tertiary/aromatic N) is 2. The minimum atomic E-state index is 0.0207. The van der Waals surface area contributed by atoms with E-state index < -0.39 is 0 Å². The number of piperidine rings is 1. The van der Waals surface area contributed by atoms with Crippen LogP contribution in [0, 0.1) is 5.41 Å². The highest BCUT2D eigenvalue weighted by molar-refractivity contribution is 5.84. The molecule has 15 heavy (non-hydrogen) atoms. The molecule has 0 aliphatic carbocycles. The number of likely N-dealkylation sites (tertiary alicyclic amines) is 1. The zero-order valence-corrected chi connectivity index (χ0v) is 9.33. The Morgan fingerprint density at radius 1 is 1.40 bits per heavy atom. The Bertz CT molecular complexity index is 236. The molecule has 1 heterocycles. The van der Waals surface area contributed by atoms with E-state index in [2.05, 4.69) is 0 Å². The number of likely N-dealkylation sites (N-methyl/N-ethyl adjacent to an activating group) is 1. The average molecular weight is 212 g/mol. The van der Waals surface area contributed by atoms with Crippen LogP contribution in [-0.2, 0) is 0 Å². The zero-order valence-electron chi connectivity index (χ0n) is 9.33. The van der Waals surface area contributed by atoms with Gasteiger partial charge in [-0.3, -0.25) is 5.41 Å². The molecule has 0 saturated carbocycles. The standard InChI is InChI=1S/C10H20N4O/c1-2-13(8-9(11)12)10(15)14-6-4-3-5-7-14/h2-8H2,1H3,(H3,11,12). The SMILES string of the molecule is CCN(CC(=N)N)C(=O)N1CCCCC1. The summed E-state index contributed by atoms with van der Waals surface area (Å²) >= 11 is 0. The highest BCUT2D eigenvalue weighted by Gasteiger charge is 2.21. The Kier molecular flexibility index (Phi) is 4.39. The Labute approximate surface area is 90.7 Å². The summed E-state index contributed by atoms with van der Waals surface area (Å²) in [4.78, 5) is 15.4. The van der Waals surface area contributed by atoms with Gasteiger partial charge in [-0.1, -0.05) is 0 Å². The van der Waals surface area contributed by atoms with Gasteiger partial charge in [0.1, 0.15) is 5.84 Å². The van der Waals surface area contributed by atoms with Gasteiger partial charge >= 0.3 is 6.03 Å². The van der Waals surface area contributed by atoms with Crippen LogP contribution in [0.25, 0.3) is 0 Å². The second-order valence-electron chi connectivity index (χ2n) is 3.87. The third kappa shape index (κ3) is 3.42.